The van der Waals surface area contributed by atoms with Crippen molar-refractivity contribution in [3.05, 3.63) is 60.8 Å². The first-order valence-corrected chi connectivity index (χ1v) is 6.08. The number of rotatable bonds is 1. The highest BCUT2D eigenvalue weighted by Gasteiger charge is 2.25. The third-order valence-electron chi connectivity index (χ3n) is 3.29. The average Bonchev–Trinajstić information content (AvgIpc) is 2.97. The molecule has 5 heteroatoms. The number of aromatic nitrogens is 4. The predicted molar refractivity (Wildman–Crippen MR) is 71.5 cm³/mol. The molecule has 1 N–H and O–H groups in total. The monoisotopic (exact) mass is 249 g/mol. The normalized spacial score (nSPS) is 16.3. The second-order valence-electron chi connectivity index (χ2n) is 4.40. The lowest BCUT2D eigenvalue weighted by molar-refractivity contribution is 0.644. The van der Waals surface area contributed by atoms with Crippen LogP contribution < -0.4 is 5.32 Å². The van der Waals surface area contributed by atoms with E-state index >= 15 is 0 Å². The summed E-state index contributed by atoms with van der Waals surface area (Å²) in [6.07, 6.45) is 7.12. The summed E-state index contributed by atoms with van der Waals surface area (Å²) in [6, 6.07) is 10.3. The third kappa shape index (κ3) is 1.52. The first kappa shape index (κ1) is 10.3. The Morgan fingerprint density at radius 3 is 2.89 bits per heavy atom. The minimum atomic E-state index is 0.0149. The second-order valence-corrected chi connectivity index (χ2v) is 4.40. The molecule has 0 saturated heterocycles. The number of benzene rings is 1. The molecule has 0 spiro atoms. The van der Waals surface area contributed by atoms with Crippen molar-refractivity contribution in [3.8, 4) is 11.4 Å². The van der Waals surface area contributed by atoms with Crippen LogP contribution in [-0.4, -0.2) is 19.5 Å². The molecular formula is C14H11N5. The maximum atomic E-state index is 4.42. The highest BCUT2D eigenvalue weighted by atomic mass is 15.3. The van der Waals surface area contributed by atoms with Gasteiger partial charge in [0.2, 0.25) is 0 Å². The molecule has 3 aromatic rings. The molecule has 1 atom stereocenters. The zero-order valence-corrected chi connectivity index (χ0v) is 10.1. The Labute approximate surface area is 110 Å². The van der Waals surface area contributed by atoms with E-state index in [0.29, 0.717) is 0 Å². The molecule has 4 rings (SSSR count). The number of fused-ring (bicyclic) bond motifs is 3. The molecule has 3 heterocycles. The zero-order valence-electron chi connectivity index (χ0n) is 10.1. The molecule has 19 heavy (non-hydrogen) atoms. The summed E-state index contributed by atoms with van der Waals surface area (Å²) in [4.78, 5) is 12.8. The highest BCUT2D eigenvalue weighted by Crippen LogP contribution is 2.35. The fraction of sp³-hybridized carbons (Fsp3) is 0.0714. The van der Waals surface area contributed by atoms with Crippen molar-refractivity contribution in [1.29, 1.82) is 0 Å². The van der Waals surface area contributed by atoms with E-state index in [1.807, 2.05) is 24.4 Å². The Morgan fingerprint density at radius 1 is 1.11 bits per heavy atom. The molecule has 0 bridgehead atoms. The van der Waals surface area contributed by atoms with Gasteiger partial charge in [0, 0.05) is 18.6 Å². The quantitative estimate of drug-likeness (QED) is 0.719. The number of hydrogen-bond acceptors (Lipinski definition) is 4. The molecule has 0 amide bonds. The third-order valence-corrected chi connectivity index (χ3v) is 3.29. The van der Waals surface area contributed by atoms with Crippen LogP contribution in [0.5, 0.6) is 0 Å². The van der Waals surface area contributed by atoms with Crippen molar-refractivity contribution in [2.75, 3.05) is 5.32 Å². The Balaban J connectivity index is 1.91. The van der Waals surface area contributed by atoms with Gasteiger partial charge in [0.05, 0.1) is 5.56 Å². The summed E-state index contributed by atoms with van der Waals surface area (Å²) in [5.74, 6) is 1.71. The largest absolute Gasteiger partial charge is 0.345 e. The van der Waals surface area contributed by atoms with Crippen molar-refractivity contribution in [3.63, 3.8) is 0 Å². The second kappa shape index (κ2) is 3.91. The minimum Gasteiger partial charge on any atom is -0.345 e. The molecule has 1 aliphatic heterocycles. The fourth-order valence-corrected chi connectivity index (χ4v) is 2.42. The van der Waals surface area contributed by atoms with E-state index < -0.39 is 0 Å². The molecule has 0 saturated carbocycles. The van der Waals surface area contributed by atoms with E-state index in [1.165, 1.54) is 5.56 Å². The lowest BCUT2D eigenvalue weighted by atomic mass is 10.1. The smallest absolute Gasteiger partial charge is 0.147 e. The SMILES string of the molecule is c1ccc(C2Nc3ncncc3-c3nccn32)cc1. The summed E-state index contributed by atoms with van der Waals surface area (Å²) in [5.41, 5.74) is 2.10. The van der Waals surface area contributed by atoms with Gasteiger partial charge in [-0.05, 0) is 5.56 Å². The summed E-state index contributed by atoms with van der Waals surface area (Å²) in [6.45, 7) is 0. The number of nitrogens with one attached hydrogen (secondary N) is 1. The van der Waals surface area contributed by atoms with Gasteiger partial charge in [0.15, 0.2) is 0 Å². The first-order valence-electron chi connectivity index (χ1n) is 6.08. The predicted octanol–water partition coefficient (Wildman–Crippen LogP) is 2.31. The Bertz CT molecular complexity index is 719. The number of nitrogens with zero attached hydrogens (tertiary/aromatic N) is 4. The van der Waals surface area contributed by atoms with Gasteiger partial charge in [-0.3, -0.25) is 0 Å². The van der Waals surface area contributed by atoms with E-state index in [9.17, 15) is 0 Å². The van der Waals surface area contributed by atoms with Gasteiger partial charge < -0.3 is 9.88 Å². The van der Waals surface area contributed by atoms with Crippen LogP contribution in [0.15, 0.2) is 55.2 Å². The van der Waals surface area contributed by atoms with E-state index in [-0.39, 0.29) is 6.17 Å². The van der Waals surface area contributed by atoms with Crippen LogP contribution in [0.2, 0.25) is 0 Å². The molecule has 0 aliphatic carbocycles. The van der Waals surface area contributed by atoms with Crippen molar-refractivity contribution in [2.45, 2.75) is 6.17 Å². The molecular weight excluding hydrogens is 238 g/mol. The van der Waals surface area contributed by atoms with E-state index in [2.05, 4.69) is 37.0 Å². The van der Waals surface area contributed by atoms with Gasteiger partial charge in [-0.1, -0.05) is 30.3 Å². The van der Waals surface area contributed by atoms with Crippen molar-refractivity contribution in [2.24, 2.45) is 0 Å². The molecule has 1 aliphatic rings. The van der Waals surface area contributed by atoms with E-state index in [0.717, 1.165) is 17.2 Å². The average molecular weight is 249 g/mol. The lowest BCUT2D eigenvalue weighted by Crippen LogP contribution is -2.25. The van der Waals surface area contributed by atoms with Crippen LogP contribution in [0.25, 0.3) is 11.4 Å². The maximum Gasteiger partial charge on any atom is 0.147 e. The first-order chi connectivity index (χ1) is 9.43. The van der Waals surface area contributed by atoms with Crippen LogP contribution in [0.1, 0.15) is 11.7 Å². The van der Waals surface area contributed by atoms with E-state index in [1.54, 1.807) is 18.7 Å². The zero-order chi connectivity index (χ0) is 12.7. The van der Waals surface area contributed by atoms with Gasteiger partial charge in [-0.25, -0.2) is 15.0 Å². The number of hydrogen-bond donors (Lipinski definition) is 1. The maximum absolute atomic E-state index is 4.42. The highest BCUT2D eigenvalue weighted by molar-refractivity contribution is 5.72. The van der Waals surface area contributed by atoms with Crippen LogP contribution in [0, 0.1) is 0 Å². The fourth-order valence-electron chi connectivity index (χ4n) is 2.42. The standard InChI is InChI=1S/C14H11N5/c1-2-4-10(5-3-1)13-18-12-11(8-15-9-17-12)14-16-6-7-19(13)14/h1-9,13H,(H,15,17,18). The van der Waals surface area contributed by atoms with Crippen LogP contribution in [0.3, 0.4) is 0 Å². The van der Waals surface area contributed by atoms with Gasteiger partial charge >= 0.3 is 0 Å². The van der Waals surface area contributed by atoms with Gasteiger partial charge in [0.25, 0.3) is 0 Å². The molecule has 92 valence electrons. The lowest BCUT2D eigenvalue weighted by Gasteiger charge is -2.28. The molecule has 0 fully saturated rings. The van der Waals surface area contributed by atoms with Crippen molar-refractivity contribution < 1.29 is 0 Å². The van der Waals surface area contributed by atoms with Crippen molar-refractivity contribution in [1.82, 2.24) is 19.5 Å². The van der Waals surface area contributed by atoms with Crippen LogP contribution in [0.4, 0.5) is 5.82 Å². The summed E-state index contributed by atoms with van der Waals surface area (Å²) >= 11 is 0. The van der Waals surface area contributed by atoms with Gasteiger partial charge in [-0.2, -0.15) is 0 Å². The molecule has 2 aromatic heterocycles. The summed E-state index contributed by atoms with van der Waals surface area (Å²) in [5, 5.41) is 3.43. The molecule has 1 unspecified atom stereocenters. The summed E-state index contributed by atoms with van der Waals surface area (Å²) in [7, 11) is 0. The van der Waals surface area contributed by atoms with Gasteiger partial charge in [0.1, 0.15) is 24.1 Å². The Kier molecular flexibility index (Phi) is 2.11. The molecule has 5 nitrogen and oxygen atoms in total. The van der Waals surface area contributed by atoms with Gasteiger partial charge in [-0.15, -0.1) is 0 Å². The molecule has 0 radical (unpaired) electrons. The van der Waals surface area contributed by atoms with Crippen LogP contribution in [-0.2, 0) is 0 Å². The number of imidazole rings is 1. The summed E-state index contributed by atoms with van der Waals surface area (Å²) < 4.78 is 2.10. The van der Waals surface area contributed by atoms with Crippen LogP contribution >= 0.6 is 0 Å². The minimum absolute atomic E-state index is 0.0149. The van der Waals surface area contributed by atoms with Crippen molar-refractivity contribution >= 4 is 5.82 Å². The van der Waals surface area contributed by atoms with E-state index in [4.69, 9.17) is 0 Å². The Hall–Kier alpha value is -2.69. The Morgan fingerprint density at radius 2 is 2.00 bits per heavy atom. The topological polar surface area (TPSA) is 55.6 Å². The molecule has 1 aromatic carbocycles. The number of anilines is 1.